The van der Waals surface area contributed by atoms with Crippen LogP contribution in [-0.4, -0.2) is 26.3 Å². The highest BCUT2D eigenvalue weighted by atomic mass is 16.5. The lowest BCUT2D eigenvalue weighted by atomic mass is 10.1. The predicted molar refractivity (Wildman–Crippen MR) is 45.2 cm³/mol. The SMILES string of the molecule is C#CCOCCC1CCNC1. The Kier molecular flexibility index (Phi) is 4.03. The summed E-state index contributed by atoms with van der Waals surface area (Å²) in [6, 6.07) is 0. The lowest BCUT2D eigenvalue weighted by Crippen LogP contribution is -2.10. The van der Waals surface area contributed by atoms with Gasteiger partial charge in [-0.2, -0.15) is 0 Å². The first-order chi connectivity index (χ1) is 5.43. The van der Waals surface area contributed by atoms with E-state index in [0.717, 1.165) is 25.5 Å². The van der Waals surface area contributed by atoms with E-state index < -0.39 is 0 Å². The Labute approximate surface area is 68.3 Å². The molecule has 0 bridgehead atoms. The average molecular weight is 153 g/mol. The predicted octanol–water partition coefficient (Wildman–Crippen LogP) is 0.636. The van der Waals surface area contributed by atoms with Crippen molar-refractivity contribution in [2.75, 3.05) is 26.3 Å². The summed E-state index contributed by atoms with van der Waals surface area (Å²) in [5.41, 5.74) is 0. The molecule has 1 N–H and O–H groups in total. The third-order valence-electron chi connectivity index (χ3n) is 2.02. The molecular formula is C9H15NO. The van der Waals surface area contributed by atoms with Gasteiger partial charge >= 0.3 is 0 Å². The van der Waals surface area contributed by atoms with Gasteiger partial charge in [-0.15, -0.1) is 6.42 Å². The van der Waals surface area contributed by atoms with E-state index in [2.05, 4.69) is 11.2 Å². The van der Waals surface area contributed by atoms with Gasteiger partial charge in [0.05, 0.1) is 0 Å². The largest absolute Gasteiger partial charge is 0.369 e. The van der Waals surface area contributed by atoms with Crippen LogP contribution in [0.25, 0.3) is 0 Å². The Morgan fingerprint density at radius 1 is 1.64 bits per heavy atom. The Bertz CT molecular complexity index is 133. The van der Waals surface area contributed by atoms with Crippen LogP contribution in [0.1, 0.15) is 12.8 Å². The van der Waals surface area contributed by atoms with E-state index in [0.29, 0.717) is 6.61 Å². The maximum atomic E-state index is 5.18. The Morgan fingerprint density at radius 2 is 2.55 bits per heavy atom. The number of terminal acetylenes is 1. The Balaban J connectivity index is 1.90. The lowest BCUT2D eigenvalue weighted by Gasteiger charge is -2.06. The molecule has 0 saturated carbocycles. The minimum absolute atomic E-state index is 0.458. The van der Waals surface area contributed by atoms with Crippen molar-refractivity contribution in [1.29, 1.82) is 0 Å². The zero-order valence-electron chi connectivity index (χ0n) is 6.81. The molecule has 1 aliphatic rings. The molecule has 0 amide bonds. The average Bonchev–Trinajstić information content (AvgIpc) is 2.50. The Morgan fingerprint density at radius 3 is 3.18 bits per heavy atom. The highest BCUT2D eigenvalue weighted by Gasteiger charge is 2.13. The van der Waals surface area contributed by atoms with Gasteiger partial charge < -0.3 is 10.1 Å². The van der Waals surface area contributed by atoms with Gasteiger partial charge in [0.15, 0.2) is 0 Å². The van der Waals surface area contributed by atoms with Crippen molar-refractivity contribution in [3.05, 3.63) is 0 Å². The third kappa shape index (κ3) is 3.41. The molecule has 62 valence electrons. The summed E-state index contributed by atoms with van der Waals surface area (Å²) in [4.78, 5) is 0. The zero-order chi connectivity index (χ0) is 7.94. The number of nitrogens with one attached hydrogen (secondary N) is 1. The number of hydrogen-bond donors (Lipinski definition) is 1. The second-order valence-corrected chi connectivity index (χ2v) is 2.90. The fourth-order valence-electron chi connectivity index (χ4n) is 1.34. The first-order valence-electron chi connectivity index (χ1n) is 4.15. The maximum absolute atomic E-state index is 5.18. The van der Waals surface area contributed by atoms with E-state index in [4.69, 9.17) is 11.2 Å². The van der Waals surface area contributed by atoms with Crippen LogP contribution in [0.2, 0.25) is 0 Å². The van der Waals surface area contributed by atoms with Crippen molar-refractivity contribution in [2.45, 2.75) is 12.8 Å². The van der Waals surface area contributed by atoms with E-state index in [1.54, 1.807) is 0 Å². The zero-order valence-corrected chi connectivity index (χ0v) is 6.81. The van der Waals surface area contributed by atoms with Gasteiger partial charge in [0.25, 0.3) is 0 Å². The van der Waals surface area contributed by atoms with Crippen molar-refractivity contribution < 1.29 is 4.74 Å². The molecule has 1 unspecified atom stereocenters. The topological polar surface area (TPSA) is 21.3 Å². The van der Waals surface area contributed by atoms with Crippen molar-refractivity contribution in [2.24, 2.45) is 5.92 Å². The molecule has 0 radical (unpaired) electrons. The van der Waals surface area contributed by atoms with E-state index in [-0.39, 0.29) is 0 Å². The molecule has 2 heteroatoms. The van der Waals surface area contributed by atoms with Crippen LogP contribution in [0.5, 0.6) is 0 Å². The molecule has 0 aliphatic carbocycles. The molecule has 1 fully saturated rings. The number of rotatable bonds is 4. The molecule has 1 aliphatic heterocycles. The van der Waals surface area contributed by atoms with Gasteiger partial charge in [-0.25, -0.2) is 0 Å². The van der Waals surface area contributed by atoms with Crippen molar-refractivity contribution in [3.8, 4) is 12.3 Å². The first-order valence-corrected chi connectivity index (χ1v) is 4.15. The van der Waals surface area contributed by atoms with Crippen molar-refractivity contribution in [1.82, 2.24) is 5.32 Å². The van der Waals surface area contributed by atoms with E-state index in [1.807, 2.05) is 0 Å². The summed E-state index contributed by atoms with van der Waals surface area (Å²) in [7, 11) is 0. The van der Waals surface area contributed by atoms with Crippen LogP contribution in [0, 0.1) is 18.3 Å². The van der Waals surface area contributed by atoms with E-state index >= 15 is 0 Å². The number of hydrogen-bond acceptors (Lipinski definition) is 2. The summed E-state index contributed by atoms with van der Waals surface area (Å²) < 4.78 is 5.18. The van der Waals surface area contributed by atoms with Gasteiger partial charge in [0, 0.05) is 6.61 Å². The minimum Gasteiger partial charge on any atom is -0.369 e. The fourth-order valence-corrected chi connectivity index (χ4v) is 1.34. The molecule has 1 rings (SSSR count). The summed E-state index contributed by atoms with van der Waals surface area (Å²) in [5.74, 6) is 3.27. The van der Waals surface area contributed by atoms with Gasteiger partial charge in [-0.1, -0.05) is 5.92 Å². The van der Waals surface area contributed by atoms with E-state index in [1.165, 1.54) is 13.0 Å². The van der Waals surface area contributed by atoms with Gasteiger partial charge in [-0.3, -0.25) is 0 Å². The highest BCUT2D eigenvalue weighted by molar-refractivity contribution is 4.82. The summed E-state index contributed by atoms with van der Waals surface area (Å²) in [5, 5.41) is 3.32. The molecule has 1 heterocycles. The van der Waals surface area contributed by atoms with Gasteiger partial charge in [-0.05, 0) is 31.8 Å². The molecule has 1 atom stereocenters. The normalized spacial score (nSPS) is 23.4. The standard InChI is InChI=1S/C9H15NO/c1-2-6-11-7-4-9-3-5-10-8-9/h1,9-10H,3-8H2. The molecule has 11 heavy (non-hydrogen) atoms. The molecular weight excluding hydrogens is 138 g/mol. The maximum Gasteiger partial charge on any atom is 0.107 e. The van der Waals surface area contributed by atoms with Crippen molar-refractivity contribution in [3.63, 3.8) is 0 Å². The molecule has 0 aromatic carbocycles. The lowest BCUT2D eigenvalue weighted by molar-refractivity contribution is 0.152. The van der Waals surface area contributed by atoms with Crippen molar-refractivity contribution >= 4 is 0 Å². The third-order valence-corrected chi connectivity index (χ3v) is 2.02. The fraction of sp³-hybridized carbons (Fsp3) is 0.778. The summed E-state index contributed by atoms with van der Waals surface area (Å²) in [6.45, 7) is 3.59. The van der Waals surface area contributed by atoms with Crippen LogP contribution in [0.3, 0.4) is 0 Å². The number of ether oxygens (including phenoxy) is 1. The van der Waals surface area contributed by atoms with Crippen LogP contribution in [0.15, 0.2) is 0 Å². The second-order valence-electron chi connectivity index (χ2n) is 2.90. The minimum atomic E-state index is 0.458. The van der Waals surface area contributed by atoms with E-state index in [9.17, 15) is 0 Å². The monoisotopic (exact) mass is 153 g/mol. The Hall–Kier alpha value is -0.520. The molecule has 0 spiro atoms. The quantitative estimate of drug-likeness (QED) is 0.472. The summed E-state index contributed by atoms with van der Waals surface area (Å²) in [6.07, 6.45) is 7.47. The molecule has 0 aromatic heterocycles. The first kappa shape index (κ1) is 8.58. The van der Waals surface area contributed by atoms with Crippen LogP contribution in [0.4, 0.5) is 0 Å². The highest BCUT2D eigenvalue weighted by Crippen LogP contribution is 2.11. The summed E-state index contributed by atoms with van der Waals surface area (Å²) >= 11 is 0. The molecule has 1 saturated heterocycles. The van der Waals surface area contributed by atoms with Crippen LogP contribution < -0.4 is 5.32 Å². The van der Waals surface area contributed by atoms with Crippen LogP contribution in [-0.2, 0) is 4.74 Å². The smallest absolute Gasteiger partial charge is 0.107 e. The van der Waals surface area contributed by atoms with Gasteiger partial charge in [0.1, 0.15) is 6.61 Å². The van der Waals surface area contributed by atoms with Gasteiger partial charge in [0.2, 0.25) is 0 Å². The second kappa shape index (κ2) is 5.17. The molecule has 2 nitrogen and oxygen atoms in total. The molecule has 0 aromatic rings. The van der Waals surface area contributed by atoms with Crippen LogP contribution >= 0.6 is 0 Å².